The molecule has 0 radical (unpaired) electrons. The topological polar surface area (TPSA) is 51.2 Å². The van der Waals surface area contributed by atoms with Crippen LogP contribution >= 0.6 is 11.3 Å². The van der Waals surface area contributed by atoms with E-state index in [1.165, 1.54) is 29.9 Å². The van der Waals surface area contributed by atoms with Crippen LogP contribution in [0.4, 0.5) is 4.39 Å². The number of carbonyl (C=O) groups excluding carboxylic acids is 1. The average molecular weight is 374 g/mol. The van der Waals surface area contributed by atoms with E-state index in [2.05, 4.69) is 10.3 Å². The van der Waals surface area contributed by atoms with Crippen LogP contribution in [0.3, 0.4) is 0 Å². The zero-order valence-corrected chi connectivity index (χ0v) is 15.7. The van der Waals surface area contributed by atoms with Crippen LogP contribution in [-0.2, 0) is 11.2 Å². The van der Waals surface area contributed by atoms with Gasteiger partial charge in [0.25, 0.3) is 5.91 Å². The van der Waals surface area contributed by atoms with Gasteiger partial charge in [-0.15, -0.1) is 11.3 Å². The van der Waals surface area contributed by atoms with Gasteiger partial charge in [-0.3, -0.25) is 4.79 Å². The van der Waals surface area contributed by atoms with Crippen LogP contribution in [-0.4, -0.2) is 29.6 Å². The Bertz CT molecular complexity index is 785. The van der Waals surface area contributed by atoms with E-state index in [9.17, 15) is 9.18 Å². The molecule has 2 saturated carbocycles. The molecule has 6 heteroatoms. The molecule has 0 bridgehead atoms. The fourth-order valence-electron chi connectivity index (χ4n) is 4.14. The smallest absolute Gasteiger partial charge is 0.263 e. The Labute approximate surface area is 156 Å². The van der Waals surface area contributed by atoms with E-state index in [0.717, 1.165) is 36.4 Å². The van der Waals surface area contributed by atoms with Gasteiger partial charge < -0.3 is 10.1 Å². The van der Waals surface area contributed by atoms with Crippen molar-refractivity contribution >= 4 is 17.2 Å². The van der Waals surface area contributed by atoms with Crippen molar-refractivity contribution in [2.24, 2.45) is 5.41 Å². The fraction of sp³-hybridized carbons (Fsp3) is 0.500. The SMILES string of the molecule is CCO[C@@H]1C[C@@H](NC(=O)c2cnc(Cc3ccc(F)cc3)s2)C12CCC2. The highest BCUT2D eigenvalue weighted by Gasteiger charge is 2.59. The first kappa shape index (κ1) is 17.6. The van der Waals surface area contributed by atoms with Gasteiger partial charge in [0.1, 0.15) is 10.7 Å². The Morgan fingerprint density at radius 3 is 2.81 bits per heavy atom. The lowest BCUT2D eigenvalue weighted by Crippen LogP contribution is -2.67. The summed E-state index contributed by atoms with van der Waals surface area (Å²) in [5.74, 6) is -0.289. The summed E-state index contributed by atoms with van der Waals surface area (Å²) in [4.78, 5) is 17.6. The van der Waals surface area contributed by atoms with Crippen LogP contribution in [0.25, 0.3) is 0 Å². The molecule has 2 aromatic rings. The maximum absolute atomic E-state index is 13.0. The van der Waals surface area contributed by atoms with E-state index in [1.54, 1.807) is 18.3 Å². The highest BCUT2D eigenvalue weighted by atomic mass is 32.1. The lowest BCUT2D eigenvalue weighted by Gasteiger charge is -2.60. The first-order chi connectivity index (χ1) is 12.6. The second kappa shape index (κ2) is 7.08. The summed E-state index contributed by atoms with van der Waals surface area (Å²) in [5.41, 5.74) is 1.15. The average Bonchev–Trinajstić information content (AvgIpc) is 3.03. The molecule has 0 aliphatic heterocycles. The van der Waals surface area contributed by atoms with Gasteiger partial charge in [-0.1, -0.05) is 18.6 Å². The van der Waals surface area contributed by atoms with E-state index in [4.69, 9.17) is 4.74 Å². The molecular formula is C20H23FN2O2S. The Balaban J connectivity index is 1.37. The van der Waals surface area contributed by atoms with Gasteiger partial charge in [-0.2, -0.15) is 0 Å². The number of carbonyl (C=O) groups is 1. The second-order valence-electron chi connectivity index (χ2n) is 7.21. The monoisotopic (exact) mass is 374 g/mol. The van der Waals surface area contributed by atoms with Gasteiger partial charge in [0.15, 0.2) is 0 Å². The maximum Gasteiger partial charge on any atom is 0.263 e. The highest BCUT2D eigenvalue weighted by Crippen LogP contribution is 2.57. The maximum atomic E-state index is 13.0. The summed E-state index contributed by atoms with van der Waals surface area (Å²) < 4.78 is 18.8. The van der Waals surface area contributed by atoms with Crippen molar-refractivity contribution in [1.82, 2.24) is 10.3 Å². The van der Waals surface area contributed by atoms with Crippen molar-refractivity contribution in [3.8, 4) is 0 Å². The van der Waals surface area contributed by atoms with Gasteiger partial charge in [0.2, 0.25) is 0 Å². The number of ether oxygens (including phenoxy) is 1. The zero-order valence-electron chi connectivity index (χ0n) is 14.8. The summed E-state index contributed by atoms with van der Waals surface area (Å²) in [5, 5.41) is 4.06. The van der Waals surface area contributed by atoms with Crippen molar-refractivity contribution in [3.05, 3.63) is 51.7 Å². The molecule has 1 aromatic heterocycles. The molecule has 138 valence electrons. The standard InChI is InChI=1S/C20H23FN2O2S/c1-2-25-17-11-16(20(17)8-3-9-20)23-19(24)15-12-22-18(26-15)10-13-4-6-14(21)7-5-13/h4-7,12,16-17H,2-3,8-11H2,1H3,(H,23,24)/t16-,17-/m1/s1. The molecule has 26 heavy (non-hydrogen) atoms. The van der Waals surface area contributed by atoms with Gasteiger partial charge in [-0.25, -0.2) is 9.37 Å². The molecule has 1 spiro atoms. The Morgan fingerprint density at radius 2 is 2.15 bits per heavy atom. The van der Waals surface area contributed by atoms with Crippen LogP contribution in [0.5, 0.6) is 0 Å². The van der Waals surface area contributed by atoms with Gasteiger partial charge in [0.05, 0.1) is 17.3 Å². The molecule has 1 aromatic carbocycles. The van der Waals surface area contributed by atoms with Gasteiger partial charge in [0, 0.05) is 24.5 Å². The largest absolute Gasteiger partial charge is 0.378 e. The van der Waals surface area contributed by atoms with Crippen molar-refractivity contribution in [2.45, 2.75) is 51.2 Å². The van der Waals surface area contributed by atoms with Gasteiger partial charge >= 0.3 is 0 Å². The van der Waals surface area contributed by atoms with Crippen molar-refractivity contribution < 1.29 is 13.9 Å². The molecule has 0 unspecified atom stereocenters. The summed E-state index contributed by atoms with van der Waals surface area (Å²) in [6, 6.07) is 6.60. The summed E-state index contributed by atoms with van der Waals surface area (Å²) >= 11 is 1.41. The molecule has 0 saturated heterocycles. The number of halogens is 1. The number of hydrogen-bond acceptors (Lipinski definition) is 4. The molecule has 4 rings (SSSR count). The third kappa shape index (κ3) is 3.16. The van der Waals surface area contributed by atoms with Crippen molar-refractivity contribution in [2.75, 3.05) is 6.61 Å². The number of nitrogens with zero attached hydrogens (tertiary/aromatic N) is 1. The normalized spacial score (nSPS) is 23.3. The number of amides is 1. The van der Waals surface area contributed by atoms with Crippen LogP contribution in [0.15, 0.2) is 30.5 Å². The van der Waals surface area contributed by atoms with Crippen LogP contribution in [0, 0.1) is 11.2 Å². The van der Waals surface area contributed by atoms with Crippen molar-refractivity contribution in [3.63, 3.8) is 0 Å². The van der Waals surface area contributed by atoms with E-state index in [-0.39, 0.29) is 23.2 Å². The molecule has 2 aliphatic carbocycles. The number of nitrogens with one attached hydrogen (secondary N) is 1. The zero-order chi connectivity index (χ0) is 18.1. The van der Waals surface area contributed by atoms with E-state index < -0.39 is 0 Å². The first-order valence-electron chi connectivity index (χ1n) is 9.22. The van der Waals surface area contributed by atoms with Crippen LogP contribution < -0.4 is 5.32 Å². The number of thiazole rings is 1. The van der Waals surface area contributed by atoms with Crippen LogP contribution in [0.2, 0.25) is 0 Å². The molecule has 2 atom stereocenters. The minimum Gasteiger partial charge on any atom is -0.378 e. The second-order valence-corrected chi connectivity index (χ2v) is 8.33. The quantitative estimate of drug-likeness (QED) is 0.833. The minimum absolute atomic E-state index is 0.0425. The molecule has 4 nitrogen and oxygen atoms in total. The number of rotatable bonds is 6. The highest BCUT2D eigenvalue weighted by molar-refractivity contribution is 7.13. The van der Waals surface area contributed by atoms with E-state index in [0.29, 0.717) is 17.4 Å². The molecular weight excluding hydrogens is 351 g/mol. The molecule has 2 fully saturated rings. The van der Waals surface area contributed by atoms with E-state index in [1.807, 2.05) is 6.92 Å². The number of hydrogen-bond donors (Lipinski definition) is 1. The number of aromatic nitrogens is 1. The molecule has 1 N–H and O–H groups in total. The lowest BCUT2D eigenvalue weighted by atomic mass is 9.51. The molecule has 2 aliphatic rings. The van der Waals surface area contributed by atoms with E-state index >= 15 is 0 Å². The first-order valence-corrected chi connectivity index (χ1v) is 10.0. The number of benzene rings is 1. The Hall–Kier alpha value is -1.79. The van der Waals surface area contributed by atoms with Gasteiger partial charge in [-0.05, 0) is 43.9 Å². The third-order valence-corrected chi connectivity index (χ3v) is 6.78. The third-order valence-electron chi connectivity index (χ3n) is 5.79. The lowest BCUT2D eigenvalue weighted by molar-refractivity contribution is -0.169. The summed E-state index contributed by atoms with van der Waals surface area (Å²) in [6.07, 6.45) is 6.95. The van der Waals surface area contributed by atoms with Crippen LogP contribution in [0.1, 0.15) is 52.8 Å². The summed E-state index contributed by atoms with van der Waals surface area (Å²) in [7, 11) is 0. The Morgan fingerprint density at radius 1 is 1.38 bits per heavy atom. The predicted octanol–water partition coefficient (Wildman–Crippen LogP) is 3.95. The predicted molar refractivity (Wildman–Crippen MR) is 98.9 cm³/mol. The Kier molecular flexibility index (Phi) is 4.80. The minimum atomic E-state index is -0.247. The van der Waals surface area contributed by atoms with Crippen molar-refractivity contribution in [1.29, 1.82) is 0 Å². The summed E-state index contributed by atoms with van der Waals surface area (Å²) in [6.45, 7) is 2.76. The molecule has 1 amide bonds. The fourth-order valence-corrected chi connectivity index (χ4v) is 5.00. The molecule has 1 heterocycles.